The lowest BCUT2D eigenvalue weighted by atomic mass is 10.1. The van der Waals surface area contributed by atoms with Gasteiger partial charge in [-0.3, -0.25) is 9.59 Å². The molecule has 2 aromatic rings. The van der Waals surface area contributed by atoms with Crippen molar-refractivity contribution in [2.75, 3.05) is 25.1 Å². The van der Waals surface area contributed by atoms with E-state index in [1.54, 1.807) is 12.0 Å². The molecule has 0 aliphatic carbocycles. The first kappa shape index (κ1) is 22.3. The van der Waals surface area contributed by atoms with Gasteiger partial charge in [-0.15, -0.1) is 0 Å². The molecule has 1 N–H and O–H groups in total. The Labute approximate surface area is 172 Å². The summed E-state index contributed by atoms with van der Waals surface area (Å²) in [5, 5.41) is 2.91. The van der Waals surface area contributed by atoms with Gasteiger partial charge in [0.1, 0.15) is 11.5 Å². The van der Waals surface area contributed by atoms with E-state index in [1.807, 2.05) is 62.4 Å². The molecule has 29 heavy (non-hydrogen) atoms. The topological polar surface area (TPSA) is 67.9 Å². The molecule has 0 atom stereocenters. The average molecular weight is 399 g/mol. The monoisotopic (exact) mass is 398 g/mol. The highest BCUT2D eigenvalue weighted by Crippen LogP contribution is 2.21. The van der Waals surface area contributed by atoms with Crippen LogP contribution in [0.25, 0.3) is 0 Å². The molecule has 0 aliphatic rings. The average Bonchev–Trinajstić information content (AvgIpc) is 2.69. The Bertz CT molecular complexity index is 786. The van der Waals surface area contributed by atoms with Crippen molar-refractivity contribution in [1.29, 1.82) is 0 Å². The minimum atomic E-state index is -0.103. The minimum Gasteiger partial charge on any atom is -0.497 e. The number of amides is 2. The molecule has 0 fully saturated rings. The van der Waals surface area contributed by atoms with Gasteiger partial charge in [0, 0.05) is 32.1 Å². The molecule has 156 valence electrons. The van der Waals surface area contributed by atoms with E-state index in [4.69, 9.17) is 9.47 Å². The molecular weight excluding hydrogens is 368 g/mol. The maximum Gasteiger partial charge on any atom is 0.223 e. The third-order valence-electron chi connectivity index (χ3n) is 4.36. The van der Waals surface area contributed by atoms with Gasteiger partial charge in [-0.05, 0) is 62.2 Å². The van der Waals surface area contributed by atoms with E-state index in [-0.39, 0.29) is 24.3 Å². The summed E-state index contributed by atoms with van der Waals surface area (Å²) in [5.74, 6) is 1.38. The third-order valence-corrected chi connectivity index (χ3v) is 4.36. The highest BCUT2D eigenvalue weighted by molar-refractivity contribution is 5.92. The summed E-state index contributed by atoms with van der Waals surface area (Å²) in [5.41, 5.74) is 1.87. The van der Waals surface area contributed by atoms with Crippen LogP contribution in [0.5, 0.6) is 11.5 Å². The van der Waals surface area contributed by atoms with E-state index in [9.17, 15) is 9.59 Å². The van der Waals surface area contributed by atoms with Crippen molar-refractivity contribution in [2.45, 2.75) is 39.7 Å². The fourth-order valence-corrected chi connectivity index (χ4v) is 2.89. The molecule has 0 bridgehead atoms. The minimum absolute atomic E-state index is 0.0791. The van der Waals surface area contributed by atoms with Crippen LogP contribution in [0.3, 0.4) is 0 Å². The maximum absolute atomic E-state index is 12.2. The zero-order valence-corrected chi connectivity index (χ0v) is 17.6. The van der Waals surface area contributed by atoms with Crippen LogP contribution in [0, 0.1) is 0 Å². The van der Waals surface area contributed by atoms with Gasteiger partial charge in [-0.25, -0.2) is 0 Å². The predicted octanol–water partition coefficient (Wildman–Crippen LogP) is 3.58. The lowest BCUT2D eigenvalue weighted by Gasteiger charge is -2.21. The fraction of sp³-hybridized carbons (Fsp3) is 0.391. The van der Waals surface area contributed by atoms with E-state index < -0.39 is 0 Å². The number of methoxy groups -OCH3 is 1. The van der Waals surface area contributed by atoms with Gasteiger partial charge in [0.05, 0.1) is 13.2 Å². The van der Waals surface area contributed by atoms with Crippen LogP contribution >= 0.6 is 0 Å². The Morgan fingerprint density at radius 2 is 1.62 bits per heavy atom. The zero-order valence-electron chi connectivity index (χ0n) is 17.6. The van der Waals surface area contributed by atoms with Crippen LogP contribution in [-0.4, -0.2) is 38.1 Å². The second-order valence-electron chi connectivity index (χ2n) is 7.03. The van der Waals surface area contributed by atoms with Gasteiger partial charge in [0.2, 0.25) is 11.8 Å². The van der Waals surface area contributed by atoms with Crippen molar-refractivity contribution >= 4 is 17.5 Å². The largest absolute Gasteiger partial charge is 0.497 e. The lowest BCUT2D eigenvalue weighted by Crippen LogP contribution is -2.34. The highest BCUT2D eigenvalue weighted by Gasteiger charge is 2.13. The quantitative estimate of drug-likeness (QED) is 0.664. The molecule has 6 heteroatoms. The van der Waals surface area contributed by atoms with Crippen molar-refractivity contribution in [3.63, 3.8) is 0 Å². The predicted molar refractivity (Wildman–Crippen MR) is 115 cm³/mol. The molecule has 0 spiro atoms. The maximum atomic E-state index is 12.2. The van der Waals surface area contributed by atoms with Gasteiger partial charge < -0.3 is 19.7 Å². The van der Waals surface area contributed by atoms with Gasteiger partial charge in [0.25, 0.3) is 0 Å². The van der Waals surface area contributed by atoms with Crippen molar-refractivity contribution < 1.29 is 19.1 Å². The number of carbonyl (C=O) groups excluding carboxylic acids is 2. The van der Waals surface area contributed by atoms with Crippen LogP contribution < -0.4 is 19.7 Å². The van der Waals surface area contributed by atoms with E-state index >= 15 is 0 Å². The Balaban J connectivity index is 1.81. The fourth-order valence-electron chi connectivity index (χ4n) is 2.89. The summed E-state index contributed by atoms with van der Waals surface area (Å²) in [7, 11) is 1.63. The zero-order chi connectivity index (χ0) is 21.2. The third kappa shape index (κ3) is 7.49. The number of hydrogen-bond acceptors (Lipinski definition) is 4. The highest BCUT2D eigenvalue weighted by atomic mass is 16.5. The van der Waals surface area contributed by atoms with Gasteiger partial charge >= 0.3 is 0 Å². The summed E-state index contributed by atoms with van der Waals surface area (Å²) in [4.78, 5) is 25.8. The second kappa shape index (κ2) is 11.1. The summed E-state index contributed by atoms with van der Waals surface area (Å²) in [6.45, 7) is 6.30. The number of carbonyl (C=O) groups is 2. The van der Waals surface area contributed by atoms with Gasteiger partial charge in [-0.1, -0.05) is 12.1 Å². The normalized spacial score (nSPS) is 10.5. The second-order valence-corrected chi connectivity index (χ2v) is 7.03. The number of ether oxygens (including phenoxy) is 2. The summed E-state index contributed by atoms with van der Waals surface area (Å²) < 4.78 is 10.8. The van der Waals surface area contributed by atoms with Crippen LogP contribution in [0.15, 0.2) is 48.5 Å². The molecule has 0 aromatic heterocycles. The summed E-state index contributed by atoms with van der Waals surface area (Å²) in [6, 6.07) is 15.1. The first-order valence-electron chi connectivity index (χ1n) is 9.83. The molecule has 0 aliphatic heterocycles. The molecular formula is C23H30N2O4. The van der Waals surface area contributed by atoms with E-state index in [0.717, 1.165) is 29.2 Å². The number of hydrogen-bond donors (Lipinski definition) is 1. The standard InChI is InChI=1S/C23H30N2O4/c1-17(2)29-22-11-7-20(8-12-22)25(18(3)26)16-14-23(27)24-15-13-19-5-9-21(28-4)10-6-19/h5-12,17H,13-16H2,1-4H3,(H,24,27). The summed E-state index contributed by atoms with van der Waals surface area (Å²) in [6.07, 6.45) is 1.07. The number of benzene rings is 2. The van der Waals surface area contributed by atoms with Crippen molar-refractivity contribution in [1.82, 2.24) is 5.32 Å². The van der Waals surface area contributed by atoms with Crippen LogP contribution in [0.4, 0.5) is 5.69 Å². The molecule has 0 saturated carbocycles. The smallest absolute Gasteiger partial charge is 0.223 e. The number of nitrogens with zero attached hydrogens (tertiary/aromatic N) is 1. The lowest BCUT2D eigenvalue weighted by molar-refractivity contribution is -0.121. The Morgan fingerprint density at radius 3 is 2.17 bits per heavy atom. The van der Waals surface area contributed by atoms with E-state index in [2.05, 4.69) is 5.32 Å². The number of nitrogens with one attached hydrogen (secondary N) is 1. The molecule has 2 rings (SSSR count). The molecule has 0 radical (unpaired) electrons. The Kier molecular flexibility index (Phi) is 8.52. The van der Waals surface area contributed by atoms with Crippen LogP contribution in [0.2, 0.25) is 0 Å². The molecule has 0 heterocycles. The van der Waals surface area contributed by atoms with Crippen molar-refractivity contribution in [2.24, 2.45) is 0 Å². The van der Waals surface area contributed by atoms with Crippen molar-refractivity contribution in [3.8, 4) is 11.5 Å². The van der Waals surface area contributed by atoms with Crippen molar-refractivity contribution in [3.05, 3.63) is 54.1 Å². The van der Waals surface area contributed by atoms with Gasteiger partial charge in [-0.2, -0.15) is 0 Å². The van der Waals surface area contributed by atoms with E-state index in [0.29, 0.717) is 13.1 Å². The number of anilines is 1. The van der Waals surface area contributed by atoms with Crippen LogP contribution in [-0.2, 0) is 16.0 Å². The molecule has 0 saturated heterocycles. The Hall–Kier alpha value is -3.02. The summed E-state index contributed by atoms with van der Waals surface area (Å²) >= 11 is 0. The molecule has 6 nitrogen and oxygen atoms in total. The molecule has 0 unspecified atom stereocenters. The SMILES string of the molecule is COc1ccc(CCNC(=O)CCN(C(C)=O)c2ccc(OC(C)C)cc2)cc1. The first-order valence-corrected chi connectivity index (χ1v) is 9.83. The number of rotatable bonds is 10. The van der Waals surface area contributed by atoms with Gasteiger partial charge in [0.15, 0.2) is 0 Å². The molecule has 2 amide bonds. The van der Waals surface area contributed by atoms with E-state index in [1.165, 1.54) is 6.92 Å². The first-order chi connectivity index (χ1) is 13.9. The Morgan fingerprint density at radius 1 is 1.00 bits per heavy atom. The van der Waals surface area contributed by atoms with Crippen LogP contribution in [0.1, 0.15) is 32.8 Å². The molecule has 2 aromatic carbocycles.